The van der Waals surface area contributed by atoms with Gasteiger partial charge in [0.2, 0.25) is 0 Å². The van der Waals surface area contributed by atoms with E-state index in [9.17, 15) is 0 Å². The fourth-order valence-electron chi connectivity index (χ4n) is 11.0. The van der Waals surface area contributed by atoms with Crippen molar-refractivity contribution < 1.29 is 0 Å². The highest BCUT2D eigenvalue weighted by Crippen LogP contribution is 2.47. The molecule has 0 saturated carbocycles. The Morgan fingerprint density at radius 3 is 1.52 bits per heavy atom. The van der Waals surface area contributed by atoms with E-state index in [0.29, 0.717) is 0 Å². The zero-order valence-corrected chi connectivity index (χ0v) is 34.4. The second-order valence-corrected chi connectivity index (χ2v) is 17.8. The normalized spacial score (nSPS) is 12.2. The summed E-state index contributed by atoms with van der Waals surface area (Å²) in [6.07, 6.45) is 0. The molecule has 0 bridgehead atoms. The summed E-state index contributed by atoms with van der Waals surface area (Å²) in [6.45, 7) is 0. The molecule has 0 atom stereocenters. The highest BCUT2D eigenvalue weighted by molar-refractivity contribution is 7.26. The highest BCUT2D eigenvalue weighted by Gasteiger charge is 2.20. The van der Waals surface area contributed by atoms with Gasteiger partial charge in [-0.05, 0) is 113 Å². The SMILES string of the molecule is c1cc(-c2ccc3c(c2)c2cccc4c5cccc6sc7cccc(c8ccccc8n3c42)c7c65)cc(-c2c3ccccc3c(-c3cccc4ccccc34)c3ccccc23)c1. The first kappa shape index (κ1) is 34.0. The zero-order valence-electron chi connectivity index (χ0n) is 33.6. The van der Waals surface area contributed by atoms with Gasteiger partial charge in [0.15, 0.2) is 0 Å². The molecule has 0 aliphatic carbocycles. The molecule has 1 nitrogen and oxygen atoms in total. The summed E-state index contributed by atoms with van der Waals surface area (Å²) < 4.78 is 5.20. The van der Waals surface area contributed by atoms with Crippen LogP contribution in [0.3, 0.4) is 0 Å². The monoisotopic (exact) mass is 801 g/mol. The van der Waals surface area contributed by atoms with E-state index in [4.69, 9.17) is 0 Å². The number of benzene rings is 11. The van der Waals surface area contributed by atoms with Crippen LogP contribution in [0.2, 0.25) is 0 Å². The van der Waals surface area contributed by atoms with Gasteiger partial charge in [-0.3, -0.25) is 0 Å². The molecule has 3 heterocycles. The Bertz CT molecular complexity index is 4160. The lowest BCUT2D eigenvalue weighted by Crippen LogP contribution is -1.92. The summed E-state index contributed by atoms with van der Waals surface area (Å²) in [5, 5.41) is 17.9. The van der Waals surface area contributed by atoms with Gasteiger partial charge in [0.1, 0.15) is 0 Å². The third kappa shape index (κ3) is 4.67. The summed E-state index contributed by atoms with van der Waals surface area (Å²) in [4.78, 5) is 0. The molecule has 0 N–H and O–H groups in total. The van der Waals surface area contributed by atoms with Crippen LogP contribution < -0.4 is 0 Å². The molecule has 0 fully saturated rings. The van der Waals surface area contributed by atoms with Crippen LogP contribution in [-0.4, -0.2) is 4.40 Å². The van der Waals surface area contributed by atoms with Crippen LogP contribution in [0.25, 0.3) is 135 Å². The third-order valence-corrected chi connectivity index (χ3v) is 14.6. The maximum Gasteiger partial charge on any atom is 0.0619 e. The summed E-state index contributed by atoms with van der Waals surface area (Å²) in [5.74, 6) is 0. The number of hydrogen-bond acceptors (Lipinski definition) is 1. The van der Waals surface area contributed by atoms with Crippen molar-refractivity contribution in [3.63, 3.8) is 0 Å². The molecular weight excluding hydrogens is 767 g/mol. The van der Waals surface area contributed by atoms with Crippen molar-refractivity contribution in [3.05, 3.63) is 212 Å². The predicted molar refractivity (Wildman–Crippen MR) is 269 cm³/mol. The van der Waals surface area contributed by atoms with Gasteiger partial charge < -0.3 is 4.40 Å². The average molecular weight is 802 g/mol. The van der Waals surface area contributed by atoms with Gasteiger partial charge in [-0.25, -0.2) is 0 Å². The predicted octanol–water partition coefficient (Wildman–Crippen LogP) is 17.4. The average Bonchev–Trinajstić information content (AvgIpc) is 3.90. The number of hydrogen-bond donors (Lipinski definition) is 0. The number of thiophene rings is 1. The molecule has 62 heavy (non-hydrogen) atoms. The quantitative estimate of drug-likeness (QED) is 0.157. The molecule has 0 amide bonds. The molecule has 0 aliphatic rings. The molecule has 14 rings (SSSR count). The molecule has 0 spiro atoms. The van der Waals surface area contributed by atoms with E-state index in [0.717, 1.165) is 0 Å². The molecule has 0 saturated heterocycles. The number of fused-ring (bicyclic) bond motifs is 10. The molecule has 286 valence electrons. The minimum atomic E-state index is 1.20. The Hall–Kier alpha value is -7.78. The maximum atomic E-state index is 2.54. The Morgan fingerprint density at radius 2 is 0.774 bits per heavy atom. The van der Waals surface area contributed by atoms with E-state index in [1.54, 1.807) is 0 Å². The van der Waals surface area contributed by atoms with Crippen molar-refractivity contribution >= 4 is 113 Å². The van der Waals surface area contributed by atoms with E-state index >= 15 is 0 Å². The Labute approximate surface area is 360 Å². The molecule has 14 aromatic rings. The lowest BCUT2D eigenvalue weighted by atomic mass is 9.84. The number of para-hydroxylation sites is 2. The van der Waals surface area contributed by atoms with Crippen molar-refractivity contribution in [3.8, 4) is 33.4 Å². The van der Waals surface area contributed by atoms with E-state index < -0.39 is 0 Å². The van der Waals surface area contributed by atoms with Gasteiger partial charge in [0, 0.05) is 41.7 Å². The van der Waals surface area contributed by atoms with Crippen molar-refractivity contribution in [1.82, 2.24) is 4.40 Å². The summed E-state index contributed by atoms with van der Waals surface area (Å²) in [7, 11) is 0. The molecule has 0 unspecified atom stereocenters. The Balaban J connectivity index is 1.03. The van der Waals surface area contributed by atoms with Gasteiger partial charge in [-0.2, -0.15) is 0 Å². The van der Waals surface area contributed by atoms with Crippen molar-refractivity contribution in [2.45, 2.75) is 0 Å². The van der Waals surface area contributed by atoms with E-state index in [1.165, 1.54) is 135 Å². The Kier molecular flexibility index (Phi) is 7.05. The van der Waals surface area contributed by atoms with Crippen molar-refractivity contribution in [2.24, 2.45) is 0 Å². The van der Waals surface area contributed by atoms with Gasteiger partial charge in [0.05, 0.1) is 16.6 Å². The van der Waals surface area contributed by atoms with Crippen LogP contribution in [0.1, 0.15) is 0 Å². The first-order valence-corrected chi connectivity index (χ1v) is 22.2. The van der Waals surface area contributed by atoms with Gasteiger partial charge in [-0.1, -0.05) is 176 Å². The molecule has 2 heteroatoms. The van der Waals surface area contributed by atoms with Crippen LogP contribution in [0.4, 0.5) is 0 Å². The number of aromatic nitrogens is 1. The fraction of sp³-hybridized carbons (Fsp3) is 0. The second-order valence-electron chi connectivity index (χ2n) is 16.7. The van der Waals surface area contributed by atoms with E-state index in [2.05, 4.69) is 217 Å². The lowest BCUT2D eigenvalue weighted by molar-refractivity contribution is 1.35. The fourth-order valence-corrected chi connectivity index (χ4v) is 12.1. The first-order chi connectivity index (χ1) is 30.8. The summed E-state index contributed by atoms with van der Waals surface area (Å²) in [6, 6.07) is 79.4. The molecule has 3 aromatic heterocycles. The zero-order chi connectivity index (χ0) is 40.5. The number of nitrogens with zero attached hydrogens (tertiary/aromatic N) is 1. The van der Waals surface area contributed by atoms with Crippen LogP contribution in [0, 0.1) is 0 Å². The summed E-state index contributed by atoms with van der Waals surface area (Å²) >= 11 is 1.90. The number of rotatable bonds is 3. The van der Waals surface area contributed by atoms with Crippen molar-refractivity contribution in [2.75, 3.05) is 0 Å². The van der Waals surface area contributed by atoms with Gasteiger partial charge in [0.25, 0.3) is 0 Å². The molecule has 0 radical (unpaired) electrons. The molecule has 0 aliphatic heterocycles. The lowest BCUT2D eigenvalue weighted by Gasteiger charge is -2.19. The van der Waals surface area contributed by atoms with Gasteiger partial charge in [-0.15, -0.1) is 11.3 Å². The van der Waals surface area contributed by atoms with E-state index in [1.807, 2.05) is 11.3 Å². The third-order valence-electron chi connectivity index (χ3n) is 13.5. The minimum absolute atomic E-state index is 1.20. The van der Waals surface area contributed by atoms with Crippen LogP contribution >= 0.6 is 11.3 Å². The van der Waals surface area contributed by atoms with Crippen LogP contribution in [0.5, 0.6) is 0 Å². The van der Waals surface area contributed by atoms with Crippen LogP contribution in [-0.2, 0) is 0 Å². The summed E-state index contributed by atoms with van der Waals surface area (Å²) in [5.41, 5.74) is 11.1. The maximum absolute atomic E-state index is 2.54. The molecular formula is C60H35NS. The smallest absolute Gasteiger partial charge is 0.0619 e. The van der Waals surface area contributed by atoms with Crippen molar-refractivity contribution in [1.29, 1.82) is 0 Å². The topological polar surface area (TPSA) is 4.41 Å². The Morgan fingerprint density at radius 1 is 0.290 bits per heavy atom. The minimum Gasteiger partial charge on any atom is -0.308 e. The first-order valence-electron chi connectivity index (χ1n) is 21.4. The molecule has 11 aromatic carbocycles. The highest BCUT2D eigenvalue weighted by atomic mass is 32.1. The largest absolute Gasteiger partial charge is 0.308 e. The van der Waals surface area contributed by atoms with Crippen LogP contribution in [0.15, 0.2) is 212 Å². The van der Waals surface area contributed by atoms with Gasteiger partial charge >= 0.3 is 0 Å². The second kappa shape index (κ2) is 12.9. The van der Waals surface area contributed by atoms with E-state index in [-0.39, 0.29) is 0 Å². The standard InChI is InChI=1S/C60H35NS/c1-2-18-40-36(14-1)15-10-24-42(40)57-46-22-5-3-20-44(46)56(45-21-4-6-23-47(45)57)39-17-9-16-37(34-39)38-32-33-53-51(35-38)50-28-11-27-49-48-26-13-31-55-59(48)58-43(25-12-30-54(58)62-55)41-19-7-8-29-52(41)61(53)60(49)50/h1-35H.